The number of aliphatic hydroxyl groups is 1. The molecule has 1 atom stereocenters. The van der Waals surface area contributed by atoms with Crippen LogP contribution < -0.4 is 4.74 Å². The first-order valence-corrected chi connectivity index (χ1v) is 6.65. The van der Waals surface area contributed by atoms with Gasteiger partial charge in [0.05, 0.1) is 19.3 Å². The number of fused-ring (bicyclic) bond motifs is 1. The minimum atomic E-state index is 0.192. The summed E-state index contributed by atoms with van der Waals surface area (Å²) in [4.78, 5) is 4.55. The van der Waals surface area contributed by atoms with E-state index >= 15 is 0 Å². The molecule has 2 aromatic rings. The molecule has 1 aliphatic rings. The summed E-state index contributed by atoms with van der Waals surface area (Å²) >= 11 is 0. The van der Waals surface area contributed by atoms with E-state index in [1.54, 1.807) is 7.11 Å². The average Bonchev–Trinajstić information content (AvgIpc) is 2.90. The van der Waals surface area contributed by atoms with E-state index in [4.69, 9.17) is 4.74 Å². The molecule has 0 fully saturated rings. The van der Waals surface area contributed by atoms with E-state index in [0.29, 0.717) is 0 Å². The zero-order chi connectivity index (χ0) is 13.2. The largest absolute Gasteiger partial charge is 0.496 e. The van der Waals surface area contributed by atoms with Gasteiger partial charge in [0.15, 0.2) is 0 Å². The molecule has 0 radical (unpaired) electrons. The monoisotopic (exact) mass is 258 g/mol. The molecule has 0 spiro atoms. The number of ether oxygens (including phenoxy) is 1. The maximum Gasteiger partial charge on any atom is 0.143 e. The summed E-state index contributed by atoms with van der Waals surface area (Å²) < 4.78 is 7.62. The second kappa shape index (κ2) is 5.05. The van der Waals surface area contributed by atoms with Gasteiger partial charge in [-0.15, -0.1) is 0 Å². The molecule has 0 saturated heterocycles. The highest BCUT2D eigenvalue weighted by Crippen LogP contribution is 2.34. The van der Waals surface area contributed by atoms with Gasteiger partial charge in [-0.05, 0) is 25.0 Å². The minimum Gasteiger partial charge on any atom is -0.496 e. The van der Waals surface area contributed by atoms with Crippen molar-refractivity contribution in [3.05, 3.63) is 36.2 Å². The first-order valence-electron chi connectivity index (χ1n) is 6.65. The topological polar surface area (TPSA) is 47.3 Å². The van der Waals surface area contributed by atoms with Crippen LogP contribution in [0.25, 0.3) is 11.4 Å². The Morgan fingerprint density at radius 2 is 2.26 bits per heavy atom. The number of methoxy groups -OCH3 is 1. The summed E-state index contributed by atoms with van der Waals surface area (Å²) in [6, 6.07) is 7.92. The summed E-state index contributed by atoms with van der Waals surface area (Å²) in [7, 11) is 1.68. The molecule has 0 bridgehead atoms. The van der Waals surface area contributed by atoms with Crippen molar-refractivity contribution in [3.63, 3.8) is 0 Å². The summed E-state index contributed by atoms with van der Waals surface area (Å²) in [6.45, 7) is 1.15. The number of para-hydroxylation sites is 1. The molecule has 0 aliphatic carbocycles. The van der Waals surface area contributed by atoms with Crippen molar-refractivity contribution in [3.8, 4) is 17.1 Å². The molecule has 1 aromatic heterocycles. The number of aromatic nitrogens is 2. The molecule has 100 valence electrons. The normalized spacial score (nSPS) is 18.1. The van der Waals surface area contributed by atoms with Gasteiger partial charge in [-0.1, -0.05) is 12.1 Å². The van der Waals surface area contributed by atoms with Crippen LogP contribution in [0.15, 0.2) is 30.5 Å². The Labute approximate surface area is 112 Å². The highest BCUT2D eigenvalue weighted by atomic mass is 16.5. The van der Waals surface area contributed by atoms with Crippen LogP contribution in [0.1, 0.15) is 24.5 Å². The predicted molar refractivity (Wildman–Crippen MR) is 73.3 cm³/mol. The number of rotatable bonds is 3. The fraction of sp³-hybridized carbons (Fsp3) is 0.400. The van der Waals surface area contributed by atoms with E-state index < -0.39 is 0 Å². The molecule has 0 saturated carbocycles. The number of hydrogen-bond acceptors (Lipinski definition) is 3. The summed E-state index contributed by atoms with van der Waals surface area (Å²) in [5.41, 5.74) is 2.14. The number of benzene rings is 1. The van der Waals surface area contributed by atoms with Gasteiger partial charge >= 0.3 is 0 Å². The van der Waals surface area contributed by atoms with Crippen LogP contribution in [-0.2, 0) is 6.54 Å². The Balaban J connectivity index is 2.09. The zero-order valence-corrected chi connectivity index (χ0v) is 11.0. The smallest absolute Gasteiger partial charge is 0.143 e. The molecule has 1 aliphatic heterocycles. The van der Waals surface area contributed by atoms with E-state index in [9.17, 15) is 5.11 Å². The van der Waals surface area contributed by atoms with Gasteiger partial charge in [0.2, 0.25) is 0 Å². The number of imidazole rings is 1. The van der Waals surface area contributed by atoms with E-state index in [2.05, 4.69) is 9.55 Å². The number of nitrogens with zero attached hydrogens (tertiary/aromatic N) is 2. The van der Waals surface area contributed by atoms with Crippen LogP contribution >= 0.6 is 0 Å². The van der Waals surface area contributed by atoms with E-state index in [1.165, 1.54) is 0 Å². The van der Waals surface area contributed by atoms with Gasteiger partial charge in [0.25, 0.3) is 0 Å². The first-order chi connectivity index (χ1) is 9.35. The van der Waals surface area contributed by atoms with Crippen LogP contribution in [-0.4, -0.2) is 28.4 Å². The Bertz CT molecular complexity index is 577. The molecule has 19 heavy (non-hydrogen) atoms. The van der Waals surface area contributed by atoms with Crippen molar-refractivity contribution >= 4 is 0 Å². The van der Waals surface area contributed by atoms with Crippen molar-refractivity contribution in [2.75, 3.05) is 13.7 Å². The van der Waals surface area contributed by atoms with E-state index in [0.717, 1.165) is 42.2 Å². The van der Waals surface area contributed by atoms with Crippen molar-refractivity contribution in [1.29, 1.82) is 0 Å². The SMILES string of the molecule is COc1ccccc1-c1ncc2n1CCCC2CO. The Hall–Kier alpha value is -1.81. The summed E-state index contributed by atoms with van der Waals surface area (Å²) in [6.07, 6.45) is 4.01. The molecule has 1 unspecified atom stereocenters. The van der Waals surface area contributed by atoms with Crippen molar-refractivity contribution < 1.29 is 9.84 Å². The molecular weight excluding hydrogens is 240 g/mol. The molecule has 1 aromatic carbocycles. The van der Waals surface area contributed by atoms with Gasteiger partial charge in [-0.25, -0.2) is 4.98 Å². The van der Waals surface area contributed by atoms with Crippen LogP contribution in [0.3, 0.4) is 0 Å². The zero-order valence-electron chi connectivity index (χ0n) is 11.0. The fourth-order valence-electron chi connectivity index (χ4n) is 2.82. The molecule has 2 heterocycles. The third-order valence-electron chi connectivity index (χ3n) is 3.81. The van der Waals surface area contributed by atoms with Crippen molar-refractivity contribution in [1.82, 2.24) is 9.55 Å². The van der Waals surface area contributed by atoms with E-state index in [-0.39, 0.29) is 12.5 Å². The van der Waals surface area contributed by atoms with Gasteiger partial charge in [-0.2, -0.15) is 0 Å². The Morgan fingerprint density at radius 3 is 3.05 bits per heavy atom. The molecule has 0 amide bonds. The quantitative estimate of drug-likeness (QED) is 0.919. The molecule has 4 nitrogen and oxygen atoms in total. The number of hydrogen-bond donors (Lipinski definition) is 1. The standard InChI is InChI=1S/C15H18N2O2/c1-19-14-7-3-2-6-12(14)15-16-9-13-11(10-18)5-4-8-17(13)15/h2-3,6-7,9,11,18H,4-5,8,10H2,1H3. The molecule has 1 N–H and O–H groups in total. The highest BCUT2D eigenvalue weighted by Gasteiger charge is 2.24. The van der Waals surface area contributed by atoms with Crippen molar-refractivity contribution in [2.45, 2.75) is 25.3 Å². The second-order valence-electron chi connectivity index (χ2n) is 4.88. The maximum absolute atomic E-state index is 9.45. The third kappa shape index (κ3) is 2.02. The third-order valence-corrected chi connectivity index (χ3v) is 3.81. The maximum atomic E-state index is 9.45. The van der Waals surface area contributed by atoms with Crippen LogP contribution in [0.2, 0.25) is 0 Å². The lowest BCUT2D eigenvalue weighted by Gasteiger charge is -2.24. The van der Waals surface area contributed by atoms with E-state index in [1.807, 2.05) is 30.5 Å². The fourth-order valence-corrected chi connectivity index (χ4v) is 2.82. The Kier molecular flexibility index (Phi) is 3.25. The molecular formula is C15H18N2O2. The van der Waals surface area contributed by atoms with Gasteiger partial charge < -0.3 is 14.4 Å². The summed E-state index contributed by atoms with van der Waals surface area (Å²) in [5, 5.41) is 9.45. The Morgan fingerprint density at radius 1 is 1.42 bits per heavy atom. The van der Waals surface area contributed by atoms with Gasteiger partial charge in [-0.3, -0.25) is 0 Å². The predicted octanol–water partition coefficient (Wildman–Crippen LogP) is 2.43. The molecule has 3 rings (SSSR count). The van der Waals surface area contributed by atoms with Gasteiger partial charge in [0.1, 0.15) is 11.6 Å². The first kappa shape index (κ1) is 12.2. The lowest BCUT2D eigenvalue weighted by atomic mass is 9.97. The van der Waals surface area contributed by atoms with Crippen molar-refractivity contribution in [2.24, 2.45) is 0 Å². The molecule has 4 heteroatoms. The van der Waals surface area contributed by atoms with Crippen LogP contribution in [0.5, 0.6) is 5.75 Å². The van der Waals surface area contributed by atoms with Crippen LogP contribution in [0.4, 0.5) is 0 Å². The average molecular weight is 258 g/mol. The number of aliphatic hydroxyl groups excluding tert-OH is 1. The van der Waals surface area contributed by atoms with Crippen LogP contribution in [0, 0.1) is 0 Å². The minimum absolute atomic E-state index is 0.192. The lowest BCUT2D eigenvalue weighted by molar-refractivity contribution is 0.241. The van der Waals surface area contributed by atoms with Gasteiger partial charge in [0, 0.05) is 24.4 Å². The highest BCUT2D eigenvalue weighted by molar-refractivity contribution is 5.65. The second-order valence-corrected chi connectivity index (χ2v) is 4.88. The summed E-state index contributed by atoms with van der Waals surface area (Å²) in [5.74, 6) is 1.98. The lowest BCUT2D eigenvalue weighted by Crippen LogP contribution is -2.18.